The molecule has 0 aromatic heterocycles. The third-order valence-corrected chi connectivity index (χ3v) is 5.68. The topological polar surface area (TPSA) is 59.1 Å². The molecule has 1 heterocycles. The molecule has 1 aliphatic heterocycles. The quantitative estimate of drug-likeness (QED) is 0.828. The second-order valence-electron chi connectivity index (χ2n) is 7.45. The van der Waals surface area contributed by atoms with Crippen LogP contribution in [0.5, 0.6) is 11.5 Å². The molecular formula is C20H28N2O4. The molecule has 1 saturated carbocycles. The third kappa shape index (κ3) is 3.64. The molecule has 0 radical (unpaired) electrons. The molecule has 0 N–H and O–H groups in total. The van der Waals surface area contributed by atoms with E-state index in [2.05, 4.69) is 6.92 Å². The first-order valence-electron chi connectivity index (χ1n) is 9.28. The van der Waals surface area contributed by atoms with Crippen LogP contribution in [0.3, 0.4) is 0 Å². The fraction of sp³-hybridized carbons (Fsp3) is 0.600. The predicted octanol–water partition coefficient (Wildman–Crippen LogP) is 2.57. The lowest BCUT2D eigenvalue weighted by molar-refractivity contribution is -0.142. The number of methoxy groups -OCH3 is 2. The van der Waals surface area contributed by atoms with Gasteiger partial charge in [-0.05, 0) is 25.0 Å². The maximum atomic E-state index is 12.8. The van der Waals surface area contributed by atoms with Gasteiger partial charge in [-0.3, -0.25) is 9.59 Å². The molecule has 2 amide bonds. The lowest BCUT2D eigenvalue weighted by Crippen LogP contribution is -2.53. The Labute approximate surface area is 155 Å². The summed E-state index contributed by atoms with van der Waals surface area (Å²) in [7, 11) is 3.13. The van der Waals surface area contributed by atoms with E-state index >= 15 is 0 Å². The van der Waals surface area contributed by atoms with Crippen LogP contribution in [0.1, 0.15) is 43.0 Å². The minimum absolute atomic E-state index is 0.0543. The second-order valence-corrected chi connectivity index (χ2v) is 7.45. The predicted molar refractivity (Wildman–Crippen MR) is 98.6 cm³/mol. The first kappa shape index (κ1) is 18.5. The van der Waals surface area contributed by atoms with E-state index in [0.29, 0.717) is 43.2 Å². The van der Waals surface area contributed by atoms with Gasteiger partial charge in [0.1, 0.15) is 11.5 Å². The van der Waals surface area contributed by atoms with E-state index in [1.54, 1.807) is 37.3 Å². The van der Waals surface area contributed by atoms with Crippen molar-refractivity contribution in [3.63, 3.8) is 0 Å². The molecule has 6 heteroatoms. The maximum absolute atomic E-state index is 12.8. The van der Waals surface area contributed by atoms with Gasteiger partial charge < -0.3 is 19.3 Å². The number of piperazine rings is 1. The van der Waals surface area contributed by atoms with Gasteiger partial charge in [-0.15, -0.1) is 0 Å². The number of carbonyl (C=O) groups is 2. The summed E-state index contributed by atoms with van der Waals surface area (Å²) >= 11 is 0. The van der Waals surface area contributed by atoms with E-state index in [0.717, 1.165) is 25.7 Å². The first-order chi connectivity index (χ1) is 12.5. The van der Waals surface area contributed by atoms with Crippen molar-refractivity contribution < 1.29 is 19.1 Å². The van der Waals surface area contributed by atoms with Gasteiger partial charge in [0.05, 0.1) is 14.2 Å². The number of amides is 2. The molecule has 1 saturated heterocycles. The largest absolute Gasteiger partial charge is 0.497 e. The number of hydrogen-bond acceptors (Lipinski definition) is 4. The summed E-state index contributed by atoms with van der Waals surface area (Å²) in [4.78, 5) is 29.4. The van der Waals surface area contributed by atoms with Gasteiger partial charge in [0.15, 0.2) is 0 Å². The number of ether oxygens (including phenoxy) is 2. The Kier molecular flexibility index (Phi) is 5.39. The van der Waals surface area contributed by atoms with Crippen LogP contribution in [-0.4, -0.2) is 62.0 Å². The van der Waals surface area contributed by atoms with Gasteiger partial charge in [0.2, 0.25) is 5.91 Å². The van der Waals surface area contributed by atoms with Crippen molar-refractivity contribution >= 4 is 11.8 Å². The zero-order valence-electron chi connectivity index (χ0n) is 15.9. The average Bonchev–Trinajstić information content (AvgIpc) is 3.14. The van der Waals surface area contributed by atoms with Crippen LogP contribution in [0.15, 0.2) is 18.2 Å². The second kappa shape index (κ2) is 7.56. The summed E-state index contributed by atoms with van der Waals surface area (Å²) in [5, 5.41) is 0. The number of nitrogens with zero attached hydrogens (tertiary/aromatic N) is 2. The highest BCUT2D eigenvalue weighted by Gasteiger charge is 2.40. The summed E-state index contributed by atoms with van der Waals surface area (Å²) < 4.78 is 10.5. The molecule has 1 aromatic carbocycles. The molecule has 0 atom stereocenters. The molecule has 2 fully saturated rings. The Morgan fingerprint density at radius 1 is 0.885 bits per heavy atom. The molecule has 1 aliphatic carbocycles. The molecule has 142 valence electrons. The van der Waals surface area contributed by atoms with Crippen LogP contribution < -0.4 is 9.47 Å². The monoisotopic (exact) mass is 360 g/mol. The fourth-order valence-electron chi connectivity index (χ4n) is 3.98. The Balaban J connectivity index is 1.64. The Hall–Kier alpha value is -2.24. The van der Waals surface area contributed by atoms with Gasteiger partial charge in [-0.1, -0.05) is 19.8 Å². The zero-order valence-corrected chi connectivity index (χ0v) is 15.9. The van der Waals surface area contributed by atoms with Crippen molar-refractivity contribution in [3.05, 3.63) is 23.8 Å². The van der Waals surface area contributed by atoms with Crippen LogP contribution >= 0.6 is 0 Å². The number of benzene rings is 1. The van der Waals surface area contributed by atoms with Crippen molar-refractivity contribution in [2.75, 3.05) is 40.4 Å². The zero-order chi connectivity index (χ0) is 18.7. The molecule has 26 heavy (non-hydrogen) atoms. The van der Waals surface area contributed by atoms with E-state index in [1.165, 1.54) is 0 Å². The van der Waals surface area contributed by atoms with Crippen molar-refractivity contribution in [2.45, 2.75) is 32.6 Å². The lowest BCUT2D eigenvalue weighted by Gasteiger charge is -2.38. The molecule has 0 spiro atoms. The van der Waals surface area contributed by atoms with Crippen molar-refractivity contribution in [1.29, 1.82) is 0 Å². The molecule has 0 unspecified atom stereocenters. The van der Waals surface area contributed by atoms with Crippen molar-refractivity contribution in [3.8, 4) is 11.5 Å². The first-order valence-corrected chi connectivity index (χ1v) is 9.28. The number of rotatable bonds is 4. The smallest absolute Gasteiger partial charge is 0.254 e. The highest BCUT2D eigenvalue weighted by molar-refractivity contribution is 5.95. The summed E-state index contributed by atoms with van der Waals surface area (Å²) in [5.74, 6) is 1.39. The van der Waals surface area contributed by atoms with Crippen LogP contribution in [0.25, 0.3) is 0 Å². The Morgan fingerprint density at radius 3 is 1.88 bits per heavy atom. The van der Waals surface area contributed by atoms with Crippen LogP contribution in [0.2, 0.25) is 0 Å². The standard InChI is InChI=1S/C20H28N2O4/c1-20(6-4-5-7-20)19(24)22-10-8-21(9-11-22)18(23)15-12-16(25-2)14-17(13-15)26-3/h12-14H,4-11H2,1-3H3. The number of hydrogen-bond donors (Lipinski definition) is 0. The van der Waals surface area contributed by atoms with Crippen molar-refractivity contribution in [2.24, 2.45) is 5.41 Å². The SMILES string of the molecule is COc1cc(OC)cc(C(=O)N2CCN(C(=O)C3(C)CCCC3)CC2)c1. The molecule has 1 aromatic rings. The maximum Gasteiger partial charge on any atom is 0.254 e. The Morgan fingerprint density at radius 2 is 1.38 bits per heavy atom. The minimum Gasteiger partial charge on any atom is -0.497 e. The molecule has 6 nitrogen and oxygen atoms in total. The van der Waals surface area contributed by atoms with E-state index < -0.39 is 0 Å². The van der Waals surface area contributed by atoms with Crippen LogP contribution in [0, 0.1) is 5.41 Å². The molecule has 3 rings (SSSR count). The Bertz CT molecular complexity index is 652. The normalized spacial score (nSPS) is 19.3. The third-order valence-electron chi connectivity index (χ3n) is 5.68. The summed E-state index contributed by atoms with van der Waals surface area (Å²) in [6.07, 6.45) is 4.24. The minimum atomic E-state index is -0.202. The molecule has 2 aliphatic rings. The van der Waals surface area contributed by atoms with E-state index in [1.807, 2.05) is 4.90 Å². The highest BCUT2D eigenvalue weighted by atomic mass is 16.5. The van der Waals surface area contributed by atoms with E-state index in [9.17, 15) is 9.59 Å². The van der Waals surface area contributed by atoms with Crippen LogP contribution in [0.4, 0.5) is 0 Å². The summed E-state index contributed by atoms with van der Waals surface area (Å²) in [6, 6.07) is 5.19. The van der Waals surface area contributed by atoms with Gasteiger partial charge in [0.25, 0.3) is 5.91 Å². The van der Waals surface area contributed by atoms with E-state index in [4.69, 9.17) is 9.47 Å². The van der Waals surface area contributed by atoms with Gasteiger partial charge in [-0.25, -0.2) is 0 Å². The molecule has 0 bridgehead atoms. The van der Waals surface area contributed by atoms with Crippen molar-refractivity contribution in [1.82, 2.24) is 9.80 Å². The number of carbonyl (C=O) groups excluding carboxylic acids is 2. The van der Waals surface area contributed by atoms with Gasteiger partial charge in [0, 0.05) is 43.2 Å². The fourth-order valence-corrected chi connectivity index (χ4v) is 3.98. The van der Waals surface area contributed by atoms with E-state index in [-0.39, 0.29) is 17.2 Å². The summed E-state index contributed by atoms with van der Waals surface area (Å²) in [6.45, 7) is 4.39. The van der Waals surface area contributed by atoms with Crippen LogP contribution in [-0.2, 0) is 4.79 Å². The van der Waals surface area contributed by atoms with Gasteiger partial charge >= 0.3 is 0 Å². The average molecular weight is 360 g/mol. The van der Waals surface area contributed by atoms with Gasteiger partial charge in [-0.2, -0.15) is 0 Å². The highest BCUT2D eigenvalue weighted by Crippen LogP contribution is 2.39. The lowest BCUT2D eigenvalue weighted by atomic mass is 9.87. The summed E-state index contributed by atoms with van der Waals surface area (Å²) in [5.41, 5.74) is 0.343. The molecular weight excluding hydrogens is 332 g/mol.